The van der Waals surface area contributed by atoms with Crippen LogP contribution in [0.25, 0.3) is 0 Å². The molecule has 0 heteroatoms. The van der Waals surface area contributed by atoms with Crippen LogP contribution in [0.2, 0.25) is 0 Å². The molecule has 0 amide bonds. The van der Waals surface area contributed by atoms with Crippen molar-refractivity contribution in [2.75, 3.05) is 0 Å². The molecule has 123 heavy (non-hydrogen) atoms. The van der Waals surface area contributed by atoms with Gasteiger partial charge >= 0.3 is 0 Å². The molecule has 0 saturated heterocycles. The van der Waals surface area contributed by atoms with E-state index in [2.05, 4.69) is 716 Å². The van der Waals surface area contributed by atoms with E-state index >= 15 is 0 Å². The van der Waals surface area contributed by atoms with Crippen LogP contribution >= 0.6 is 0 Å². The van der Waals surface area contributed by atoms with Gasteiger partial charge in [-0.1, -0.05) is 5.92 Å². The lowest BCUT2D eigenvalue weighted by atomic mass is 10.4. The predicted octanol–water partition coefficient (Wildman–Crippen LogP) is 0.844. The van der Waals surface area contributed by atoms with Crippen LogP contribution in [0.5, 0.6) is 0 Å². The van der Waals surface area contributed by atoms with Gasteiger partial charge in [0.05, 0.1) is 0 Å². The van der Waals surface area contributed by atoms with Crippen molar-refractivity contribution in [3.05, 3.63) is 0 Å². The fourth-order valence-corrected chi connectivity index (χ4v) is 3.75. The van der Waals surface area contributed by atoms with E-state index in [1.54, 1.807) is 6.92 Å². The van der Waals surface area contributed by atoms with Crippen LogP contribution in [0.1, 0.15) is 6.92 Å². The summed E-state index contributed by atoms with van der Waals surface area (Å²) in [7, 11) is 0. The van der Waals surface area contributed by atoms with Crippen molar-refractivity contribution in [3.63, 3.8) is 0 Å². The molecule has 0 heterocycles. The van der Waals surface area contributed by atoms with E-state index in [9.17, 15) is 0 Å². The lowest BCUT2D eigenvalue weighted by Gasteiger charge is -1.58. The molecule has 0 radical (unpaired) electrons. The Bertz CT molecular complexity index is 8620. The van der Waals surface area contributed by atoms with Crippen molar-refractivity contribution in [2.24, 2.45) is 0 Å². The van der Waals surface area contributed by atoms with Crippen LogP contribution in [0, 0.1) is 723 Å². The first-order valence-corrected chi connectivity index (χ1v) is 30.8. The molecule has 0 nitrogen and oxygen atoms in total. The average molecular weight is 1480 g/mol. The summed E-state index contributed by atoms with van der Waals surface area (Å²) in [5.41, 5.74) is 0. The van der Waals surface area contributed by atoms with Gasteiger partial charge in [-0.3, -0.25) is 0 Å². The summed E-state index contributed by atoms with van der Waals surface area (Å²) in [5, 5.41) is 0. The summed E-state index contributed by atoms with van der Waals surface area (Å²) in [4.78, 5) is 0. The molecule has 0 N–H and O–H groups in total. The lowest BCUT2D eigenvalue weighted by Crippen LogP contribution is -1.57. The minimum atomic E-state index is 1.68. The SMILES string of the molecule is C#CC#CC#CC#CC#CC#CC#CC#CC#CC#CC#CC#CC#CC#CC#CC#CC#CC#CC#CC#CC#CC#CC#CC#CC#CC#CC#CC#CC#CC#CC#CC#CC#CC#CC#CC#CC#CC#CC#CC#CC#CC#CC#CC#CC#CC#CC#CC#CC#CC#CC#CC#CC#CC#CC#CC#CC#CC#CC#CC#CC#CC. The molecule has 0 bridgehead atoms. The predicted molar refractivity (Wildman–Crippen MR) is 481 cm³/mol. The lowest BCUT2D eigenvalue weighted by molar-refractivity contribution is 1.92. The Morgan fingerprint density at radius 2 is 0.106 bits per heavy atom. The zero-order chi connectivity index (χ0) is 87.6. The summed E-state index contributed by atoms with van der Waals surface area (Å²) < 4.78 is 0. The maximum atomic E-state index is 4.96. The van der Waals surface area contributed by atoms with E-state index in [4.69, 9.17) is 6.42 Å². The molecule has 0 spiro atoms. The largest absolute Gasteiger partial charge is 0.106 e. The Morgan fingerprint density at radius 3 is 0.146 bits per heavy atom. The van der Waals surface area contributed by atoms with Crippen LogP contribution in [-0.2, 0) is 0 Å². The van der Waals surface area contributed by atoms with Crippen molar-refractivity contribution in [2.45, 2.75) is 6.92 Å². The molecule has 0 atom stereocenters. The van der Waals surface area contributed by atoms with Gasteiger partial charge in [-0.15, -0.1) is 6.42 Å². The first-order chi connectivity index (χ1) is 61.4. The van der Waals surface area contributed by atoms with E-state index in [1.165, 1.54) is 0 Å². The highest BCUT2D eigenvalue weighted by Crippen LogP contribution is 1.70. The molecule has 0 rings (SSSR count). The summed E-state index contributed by atoms with van der Waals surface area (Å²) in [6, 6.07) is 0. The third-order valence-electron chi connectivity index (χ3n) is 7.57. The molecule has 0 saturated carbocycles. The van der Waals surface area contributed by atoms with Crippen molar-refractivity contribution >= 4 is 0 Å². The quantitative estimate of drug-likeness (QED) is 0.317. The molecule has 0 aromatic carbocycles. The summed E-state index contributed by atoms with van der Waals surface area (Å²) >= 11 is 0. The van der Waals surface area contributed by atoms with Crippen LogP contribution < -0.4 is 0 Å². The Kier molecular flexibility index (Phi) is 74.4. The van der Waals surface area contributed by atoms with Crippen molar-refractivity contribution in [1.29, 1.82) is 0 Å². The second kappa shape index (κ2) is 95.2. The molecular weight excluding hydrogens is 1480 g/mol. The van der Waals surface area contributed by atoms with Crippen LogP contribution in [0.4, 0.5) is 0 Å². The third kappa shape index (κ3) is 95.2. The fraction of sp³-hybridized carbons (Fsp3) is 0.00813. The summed E-state index contributed by atoms with van der Waals surface area (Å²) in [5.74, 6) is 302. The highest BCUT2D eigenvalue weighted by molar-refractivity contribution is 5.58. The molecule has 0 unspecified atom stereocenters. The van der Waals surface area contributed by atoms with Gasteiger partial charge < -0.3 is 0 Å². The minimum absolute atomic E-state index is 1.68. The fourth-order valence-electron chi connectivity index (χ4n) is 3.75. The third-order valence-corrected chi connectivity index (χ3v) is 7.57. The Morgan fingerprint density at radius 1 is 0.0650 bits per heavy atom. The topological polar surface area (TPSA) is 0 Å². The highest BCUT2D eigenvalue weighted by atomic mass is 13.7. The zero-order valence-electron chi connectivity index (χ0n) is 62.1. The second-order valence-corrected chi connectivity index (χ2v) is 15.3. The van der Waals surface area contributed by atoms with Crippen molar-refractivity contribution in [3.8, 4) is 723 Å². The first kappa shape index (κ1) is 96.2. The van der Waals surface area contributed by atoms with E-state index in [1.807, 2.05) is 0 Å². The molecule has 0 aliphatic heterocycles. The first-order valence-electron chi connectivity index (χ1n) is 30.8. The van der Waals surface area contributed by atoms with Gasteiger partial charge in [0.15, 0.2) is 0 Å². The summed E-state index contributed by atoms with van der Waals surface area (Å²) in [6.45, 7) is 1.68. The Labute approximate surface area is 724 Å². The standard InChI is InChI=1S/C123H4/c1-3-5-7-9-11-13-15-17-19-21-23-25-27-29-31-33-35-37-39-41-43-45-47-49-51-53-55-57-59-61-63-65-67-69-71-73-75-77-79-81-83-85-87-89-91-93-95-97-99-101-103-105-107-109-111-113-115-117-119-121-123-122-120-118-116-114-112-110-108-106-104-102-100-98-96-94-92-90-88-86-84-82-80-78-76-74-72-70-68-66-64-62-60-58-56-54-52-50-48-46-44-42-40-38-36-34-32-30-28-26-24-22-20-18-16-14-12-10-8-6-4-2/h1H,2H3. The van der Waals surface area contributed by atoms with Gasteiger partial charge in [0.2, 0.25) is 0 Å². The summed E-state index contributed by atoms with van der Waals surface area (Å²) in [6.07, 6.45) is 4.96. The van der Waals surface area contributed by atoms with Crippen molar-refractivity contribution in [1.82, 2.24) is 0 Å². The smallest absolute Gasteiger partial charge is 0 e. The Balaban J connectivity index is 4.65. The second-order valence-electron chi connectivity index (χ2n) is 15.3. The number of hydrogen-bond donors (Lipinski definition) is 0. The minimum Gasteiger partial charge on any atom is -0.106 e. The number of rotatable bonds is 0. The van der Waals surface area contributed by atoms with Gasteiger partial charge in [-0.2, -0.15) is 0 Å². The van der Waals surface area contributed by atoms with Gasteiger partial charge in [-0.05, 0) is 102 Å². The molecule has 496 valence electrons. The van der Waals surface area contributed by atoms with Crippen LogP contribution in [0.15, 0.2) is 0 Å². The zero-order valence-corrected chi connectivity index (χ0v) is 62.1. The number of terminal acetylenes is 1. The van der Waals surface area contributed by atoms with Crippen LogP contribution in [-0.4, -0.2) is 0 Å². The van der Waals surface area contributed by atoms with E-state index in [-0.39, 0.29) is 0 Å². The van der Waals surface area contributed by atoms with Gasteiger partial charge in [0.25, 0.3) is 0 Å². The van der Waals surface area contributed by atoms with Crippen LogP contribution in [0.3, 0.4) is 0 Å². The van der Waals surface area contributed by atoms with E-state index < -0.39 is 0 Å². The molecular formula is C123H4. The monoisotopic (exact) mass is 1480 g/mol. The molecule has 0 aliphatic carbocycles. The average Bonchev–Trinajstić information content (AvgIpc) is 1.42. The van der Waals surface area contributed by atoms with Gasteiger partial charge in [0, 0.05) is 616 Å². The Hall–Kier alpha value is -26.8. The van der Waals surface area contributed by atoms with E-state index in [0.29, 0.717) is 0 Å². The molecule has 0 fully saturated rings. The number of hydrogen-bond acceptors (Lipinski definition) is 0. The van der Waals surface area contributed by atoms with Gasteiger partial charge in [0.1, 0.15) is 0 Å². The van der Waals surface area contributed by atoms with Gasteiger partial charge in [-0.25, -0.2) is 0 Å². The van der Waals surface area contributed by atoms with E-state index in [0.717, 1.165) is 0 Å². The molecule has 0 aliphatic rings. The molecule has 0 aromatic heterocycles. The van der Waals surface area contributed by atoms with Crippen molar-refractivity contribution < 1.29 is 0 Å². The molecule has 0 aromatic rings. The normalized spacial score (nSPS) is 3.97. The highest BCUT2D eigenvalue weighted by Gasteiger charge is 1.69. The maximum Gasteiger partial charge on any atom is 0 e. The maximum absolute atomic E-state index is 4.96.